The molecule has 0 fully saturated rings. The molecule has 0 radical (unpaired) electrons. The van der Waals surface area contributed by atoms with Crippen LogP contribution in [0.2, 0.25) is 0 Å². The summed E-state index contributed by atoms with van der Waals surface area (Å²) < 4.78 is 0. The van der Waals surface area contributed by atoms with Crippen LogP contribution in [0.3, 0.4) is 0 Å². The summed E-state index contributed by atoms with van der Waals surface area (Å²) in [6, 6.07) is 15.9. The zero-order chi connectivity index (χ0) is 18.5. The highest BCUT2D eigenvalue weighted by atomic mass is 32.1. The van der Waals surface area contributed by atoms with Crippen LogP contribution in [0.5, 0.6) is 0 Å². The van der Waals surface area contributed by atoms with E-state index in [2.05, 4.69) is 5.32 Å². The first kappa shape index (κ1) is 17.8. The van der Waals surface area contributed by atoms with E-state index < -0.39 is 4.92 Å². The molecule has 0 saturated carbocycles. The molecule has 2 N–H and O–H groups in total. The number of thiocarbonyl (C=S) groups is 1. The number of anilines is 1. The average molecular weight is 366 g/mol. The Bertz CT molecular complexity index is 887. The Labute approximate surface area is 156 Å². The molecule has 0 saturated heterocycles. The fourth-order valence-electron chi connectivity index (χ4n) is 2.87. The largest absolute Gasteiger partial charge is 0.507 e. The van der Waals surface area contributed by atoms with Crippen molar-refractivity contribution in [3.05, 3.63) is 87.2 Å². The minimum Gasteiger partial charge on any atom is -0.507 e. The first-order valence-corrected chi connectivity index (χ1v) is 8.69. The number of hydrogen-bond acceptors (Lipinski definition) is 4. The van der Waals surface area contributed by atoms with Crippen LogP contribution >= 0.6 is 12.2 Å². The van der Waals surface area contributed by atoms with Crippen LogP contribution in [0, 0.1) is 10.1 Å². The highest BCUT2D eigenvalue weighted by Crippen LogP contribution is 2.31. The smallest absolute Gasteiger partial charge is 0.269 e. The lowest BCUT2D eigenvalue weighted by Crippen LogP contribution is -2.17. The topological polar surface area (TPSA) is 75.4 Å². The van der Waals surface area contributed by atoms with Gasteiger partial charge in [0.05, 0.1) is 4.92 Å². The summed E-state index contributed by atoms with van der Waals surface area (Å²) in [7, 11) is 0. The van der Waals surface area contributed by atoms with Gasteiger partial charge < -0.3 is 10.4 Å². The molecule has 0 atom stereocenters. The first-order valence-electron chi connectivity index (χ1n) is 8.28. The number of rotatable bonds is 4. The third-order valence-corrected chi connectivity index (χ3v) is 4.56. The quantitative estimate of drug-likeness (QED) is 0.430. The van der Waals surface area contributed by atoms with E-state index in [-0.39, 0.29) is 11.4 Å². The number of nitro benzene ring substituents is 1. The molecule has 5 nitrogen and oxygen atoms in total. The maximum absolute atomic E-state index is 10.7. The minimum atomic E-state index is -0.446. The second-order valence-corrected chi connectivity index (χ2v) is 6.43. The summed E-state index contributed by atoms with van der Waals surface area (Å²) in [5.74, 6) is 0.222. The Morgan fingerprint density at radius 2 is 1.81 bits per heavy atom. The van der Waals surface area contributed by atoms with Gasteiger partial charge in [0, 0.05) is 23.4 Å². The fraction of sp³-hybridized carbons (Fsp3) is 0.150. The lowest BCUT2D eigenvalue weighted by molar-refractivity contribution is -0.384. The Morgan fingerprint density at radius 3 is 2.46 bits per heavy atom. The van der Waals surface area contributed by atoms with Gasteiger partial charge in [0.15, 0.2) is 0 Å². The van der Waals surface area contributed by atoms with Gasteiger partial charge in [-0.15, -0.1) is 0 Å². The van der Waals surface area contributed by atoms with E-state index in [0.29, 0.717) is 22.7 Å². The Balaban J connectivity index is 1.80. The van der Waals surface area contributed by atoms with Crippen molar-refractivity contribution in [1.82, 2.24) is 0 Å². The zero-order valence-corrected chi connectivity index (χ0v) is 14.8. The third-order valence-electron chi connectivity index (χ3n) is 4.21. The van der Waals surface area contributed by atoms with Crippen molar-refractivity contribution in [2.45, 2.75) is 19.3 Å². The lowest BCUT2D eigenvalue weighted by Gasteiger charge is -2.20. The van der Waals surface area contributed by atoms with Crippen LogP contribution in [0.1, 0.15) is 24.8 Å². The highest BCUT2D eigenvalue weighted by Gasteiger charge is 2.20. The summed E-state index contributed by atoms with van der Waals surface area (Å²) in [4.78, 5) is 10.7. The monoisotopic (exact) mass is 366 g/mol. The van der Waals surface area contributed by atoms with Crippen molar-refractivity contribution in [3.63, 3.8) is 0 Å². The second-order valence-electron chi connectivity index (χ2n) is 6.02. The summed E-state index contributed by atoms with van der Waals surface area (Å²) >= 11 is 5.44. The van der Waals surface area contributed by atoms with Crippen molar-refractivity contribution >= 4 is 34.7 Å². The Kier molecular flexibility index (Phi) is 5.43. The number of nitrogens with one attached hydrogen (secondary N) is 1. The van der Waals surface area contributed by atoms with E-state index in [1.165, 1.54) is 12.1 Å². The lowest BCUT2D eigenvalue weighted by atomic mass is 9.91. The molecule has 0 aromatic heterocycles. The maximum atomic E-state index is 10.7. The van der Waals surface area contributed by atoms with E-state index in [4.69, 9.17) is 12.2 Å². The molecular weight excluding hydrogens is 348 g/mol. The number of nitro groups is 1. The first-order chi connectivity index (χ1) is 12.5. The Morgan fingerprint density at radius 1 is 1.12 bits per heavy atom. The summed E-state index contributed by atoms with van der Waals surface area (Å²) in [5, 5.41) is 24.4. The van der Waals surface area contributed by atoms with Gasteiger partial charge >= 0.3 is 0 Å². The van der Waals surface area contributed by atoms with Crippen molar-refractivity contribution in [2.75, 3.05) is 5.32 Å². The van der Waals surface area contributed by atoms with Crippen LogP contribution in [0.15, 0.2) is 71.5 Å². The van der Waals surface area contributed by atoms with Gasteiger partial charge in [0.25, 0.3) is 5.69 Å². The third kappa shape index (κ3) is 4.15. The molecular formula is C20H18N2O3S. The molecule has 3 rings (SSSR count). The maximum Gasteiger partial charge on any atom is 0.269 e. The summed E-state index contributed by atoms with van der Waals surface area (Å²) in [6.45, 7) is 0. The van der Waals surface area contributed by atoms with Gasteiger partial charge in [-0.2, -0.15) is 0 Å². The van der Waals surface area contributed by atoms with E-state index >= 15 is 0 Å². The van der Waals surface area contributed by atoms with Gasteiger partial charge in [0.2, 0.25) is 0 Å². The number of aliphatic hydroxyl groups excluding tert-OH is 1. The summed E-state index contributed by atoms with van der Waals surface area (Å²) in [6.07, 6.45) is 4.37. The van der Waals surface area contributed by atoms with Crippen LogP contribution < -0.4 is 5.32 Å². The molecule has 1 aliphatic rings. The Hall–Kier alpha value is -2.99. The molecule has 1 aliphatic carbocycles. The molecule has 0 amide bonds. The number of nitrogens with zero attached hydrogens (tertiary/aromatic N) is 1. The van der Waals surface area contributed by atoms with Crippen molar-refractivity contribution < 1.29 is 10.0 Å². The zero-order valence-electron chi connectivity index (χ0n) is 14.0. The van der Waals surface area contributed by atoms with Crippen LogP contribution in [0.25, 0.3) is 6.08 Å². The van der Waals surface area contributed by atoms with Gasteiger partial charge in [-0.05, 0) is 48.6 Å². The summed E-state index contributed by atoms with van der Waals surface area (Å²) in [5.41, 5.74) is 3.27. The predicted molar refractivity (Wildman–Crippen MR) is 107 cm³/mol. The van der Waals surface area contributed by atoms with Gasteiger partial charge in [0.1, 0.15) is 10.7 Å². The number of non-ortho nitro benzene ring substituents is 1. The SMILES string of the molecule is O=[N+]([O-])c1ccc(NC(=S)C2=C(O)/C(=C/c3ccccc3)CCC2)cc1. The van der Waals surface area contributed by atoms with Gasteiger partial charge in [-0.1, -0.05) is 42.5 Å². The molecule has 0 heterocycles. The molecule has 0 spiro atoms. The van der Waals surface area contributed by atoms with Crippen LogP contribution in [0.4, 0.5) is 11.4 Å². The van der Waals surface area contributed by atoms with E-state index in [1.54, 1.807) is 12.1 Å². The molecule has 2 aromatic rings. The minimum absolute atomic E-state index is 0.0225. The average Bonchev–Trinajstić information content (AvgIpc) is 2.64. The van der Waals surface area contributed by atoms with Crippen molar-refractivity contribution in [3.8, 4) is 0 Å². The second kappa shape index (κ2) is 7.93. The van der Waals surface area contributed by atoms with Gasteiger partial charge in [-0.25, -0.2) is 0 Å². The molecule has 6 heteroatoms. The standard InChI is InChI=1S/C20H18N2O3S/c23-19-15(13-14-5-2-1-3-6-14)7-4-8-18(19)20(26)21-16-9-11-17(12-10-16)22(24)25/h1-3,5-6,9-13,23H,4,7-8H2,(H,21,26)/b15-13+. The number of benzene rings is 2. The molecule has 26 heavy (non-hydrogen) atoms. The van der Waals surface area contributed by atoms with Crippen molar-refractivity contribution in [2.24, 2.45) is 0 Å². The van der Waals surface area contributed by atoms with Gasteiger partial charge in [-0.3, -0.25) is 10.1 Å². The molecule has 0 unspecified atom stereocenters. The molecule has 0 aliphatic heterocycles. The number of aliphatic hydroxyl groups is 1. The fourth-order valence-corrected chi connectivity index (χ4v) is 3.19. The highest BCUT2D eigenvalue weighted by molar-refractivity contribution is 7.81. The molecule has 2 aromatic carbocycles. The number of hydrogen-bond donors (Lipinski definition) is 2. The molecule has 0 bridgehead atoms. The van der Waals surface area contributed by atoms with Crippen molar-refractivity contribution in [1.29, 1.82) is 0 Å². The van der Waals surface area contributed by atoms with E-state index in [1.807, 2.05) is 36.4 Å². The molecule has 132 valence electrons. The normalized spacial score (nSPS) is 15.8. The van der Waals surface area contributed by atoms with Crippen LogP contribution in [-0.2, 0) is 0 Å². The van der Waals surface area contributed by atoms with E-state index in [9.17, 15) is 15.2 Å². The van der Waals surface area contributed by atoms with Crippen LogP contribution in [-0.4, -0.2) is 15.0 Å². The van der Waals surface area contributed by atoms with E-state index in [0.717, 1.165) is 24.0 Å². The predicted octanol–water partition coefficient (Wildman–Crippen LogP) is 5.41. The number of allylic oxidation sites excluding steroid dienone is 1.